The molecule has 5 heteroatoms. The molecule has 2 N–H and O–H groups in total. The van der Waals surface area contributed by atoms with Gasteiger partial charge in [-0.25, -0.2) is 4.79 Å². The van der Waals surface area contributed by atoms with E-state index in [0.29, 0.717) is 46.8 Å². The molecule has 5 saturated carbocycles. The van der Waals surface area contributed by atoms with E-state index >= 15 is 0 Å². The van der Waals surface area contributed by atoms with Gasteiger partial charge >= 0.3 is 6.03 Å². The van der Waals surface area contributed by atoms with E-state index in [1.807, 2.05) is 0 Å². The van der Waals surface area contributed by atoms with E-state index in [0.717, 1.165) is 56.0 Å². The van der Waals surface area contributed by atoms with E-state index in [1.54, 1.807) is 0 Å². The molecule has 2 amide bonds. The van der Waals surface area contributed by atoms with Crippen molar-refractivity contribution < 1.29 is 14.3 Å². The molecular formula is C34H56N2O3. The third kappa shape index (κ3) is 4.33. The van der Waals surface area contributed by atoms with Crippen LogP contribution in [0.15, 0.2) is 0 Å². The Morgan fingerprint density at radius 1 is 0.769 bits per heavy atom. The minimum Gasteiger partial charge on any atom is -0.349 e. The molecule has 0 aromatic carbocycles. The highest BCUT2D eigenvalue weighted by molar-refractivity contribution is 5.74. The Morgan fingerprint density at radius 3 is 2.31 bits per heavy atom. The second kappa shape index (κ2) is 9.89. The summed E-state index contributed by atoms with van der Waals surface area (Å²) in [6, 6.07) is 0.838. The molecular weight excluding hydrogens is 484 g/mol. The summed E-state index contributed by atoms with van der Waals surface area (Å²) in [5.41, 5.74) is 0.844. The zero-order chi connectivity index (χ0) is 27.0. The van der Waals surface area contributed by atoms with Gasteiger partial charge in [0.25, 0.3) is 0 Å². The maximum absolute atomic E-state index is 12.8. The third-order valence-corrected chi connectivity index (χ3v) is 14.2. The second-order valence-electron chi connectivity index (χ2n) is 16.1. The van der Waals surface area contributed by atoms with Gasteiger partial charge in [0, 0.05) is 24.4 Å². The van der Waals surface area contributed by atoms with Crippen molar-refractivity contribution in [2.45, 2.75) is 148 Å². The fraction of sp³-hybridized carbons (Fsp3) is 0.971. The number of urea groups is 1. The summed E-state index contributed by atoms with van der Waals surface area (Å²) in [5, 5.41) is 6.71. The van der Waals surface area contributed by atoms with Gasteiger partial charge in [-0.05, 0) is 117 Å². The Kier molecular flexibility index (Phi) is 6.86. The topological polar surface area (TPSA) is 59.6 Å². The monoisotopic (exact) mass is 540 g/mol. The van der Waals surface area contributed by atoms with E-state index in [1.165, 1.54) is 70.6 Å². The van der Waals surface area contributed by atoms with Gasteiger partial charge in [-0.15, -0.1) is 0 Å². The Bertz CT molecular complexity index is 925. The Morgan fingerprint density at radius 2 is 1.54 bits per heavy atom. The SMILES string of the molecule is C[C@H]1CC[C@@]2(OC1)O[C@H]1CC3[C@@H]4CC[C@@H]5C[C@H](NC(=O)NC6CCCCC6)CC[C@]5(C)C4CC[C@]3(C)[C@H]1[C@@H]2C. The molecule has 2 heterocycles. The highest BCUT2D eigenvalue weighted by Crippen LogP contribution is 2.71. The van der Waals surface area contributed by atoms with E-state index in [2.05, 4.69) is 38.3 Å². The molecule has 0 aromatic heterocycles. The van der Waals surface area contributed by atoms with Crippen LogP contribution in [0, 0.1) is 52.3 Å². The minimum absolute atomic E-state index is 0.0958. The van der Waals surface area contributed by atoms with Crippen LogP contribution in [-0.2, 0) is 9.47 Å². The first kappa shape index (κ1) is 27.0. The number of hydrogen-bond donors (Lipinski definition) is 2. The molecule has 0 bridgehead atoms. The lowest BCUT2D eigenvalue weighted by molar-refractivity contribution is -0.273. The largest absolute Gasteiger partial charge is 0.349 e. The van der Waals surface area contributed by atoms with Crippen molar-refractivity contribution in [3.63, 3.8) is 0 Å². The maximum Gasteiger partial charge on any atom is 0.315 e. The predicted octanol–water partition coefficient (Wildman–Crippen LogP) is 7.43. The summed E-state index contributed by atoms with van der Waals surface area (Å²) in [7, 11) is 0. The van der Waals surface area contributed by atoms with Crippen LogP contribution in [0.5, 0.6) is 0 Å². The van der Waals surface area contributed by atoms with Crippen molar-refractivity contribution >= 4 is 6.03 Å². The molecule has 2 saturated heterocycles. The zero-order valence-corrected chi connectivity index (χ0v) is 25.3. The molecule has 7 fully saturated rings. The van der Waals surface area contributed by atoms with Gasteiger partial charge in [0.05, 0.1) is 12.7 Å². The highest BCUT2D eigenvalue weighted by atomic mass is 16.7. The first-order valence-electron chi connectivity index (χ1n) is 17.1. The lowest BCUT2D eigenvalue weighted by Gasteiger charge is -2.61. The average Bonchev–Trinajstić information content (AvgIpc) is 3.36. The van der Waals surface area contributed by atoms with Crippen LogP contribution < -0.4 is 10.6 Å². The van der Waals surface area contributed by atoms with Crippen molar-refractivity contribution in [3.05, 3.63) is 0 Å². The van der Waals surface area contributed by atoms with Crippen LogP contribution >= 0.6 is 0 Å². The van der Waals surface area contributed by atoms with Crippen molar-refractivity contribution in [2.75, 3.05) is 6.61 Å². The molecule has 1 spiro atoms. The quantitative estimate of drug-likeness (QED) is 0.383. The molecule has 5 aliphatic carbocycles. The van der Waals surface area contributed by atoms with Crippen LogP contribution in [0.2, 0.25) is 0 Å². The Balaban J connectivity index is 1.00. The van der Waals surface area contributed by atoms with Gasteiger partial charge in [-0.3, -0.25) is 0 Å². The van der Waals surface area contributed by atoms with E-state index in [4.69, 9.17) is 9.47 Å². The van der Waals surface area contributed by atoms with Crippen LogP contribution in [0.1, 0.15) is 124 Å². The third-order valence-electron chi connectivity index (χ3n) is 14.2. The number of nitrogens with one attached hydrogen (secondary N) is 2. The molecule has 2 aliphatic heterocycles. The molecule has 220 valence electrons. The summed E-state index contributed by atoms with van der Waals surface area (Å²) in [5.74, 6) is 4.80. The zero-order valence-electron chi connectivity index (χ0n) is 25.3. The van der Waals surface area contributed by atoms with Crippen molar-refractivity contribution in [3.8, 4) is 0 Å². The van der Waals surface area contributed by atoms with Crippen LogP contribution in [0.4, 0.5) is 4.79 Å². The van der Waals surface area contributed by atoms with Crippen molar-refractivity contribution in [2.24, 2.45) is 52.3 Å². The van der Waals surface area contributed by atoms with Gasteiger partial charge in [-0.1, -0.05) is 47.0 Å². The number of rotatable bonds is 2. The summed E-state index contributed by atoms with van der Waals surface area (Å²) < 4.78 is 13.5. The lowest BCUT2D eigenvalue weighted by Crippen LogP contribution is -2.57. The molecule has 2 unspecified atom stereocenters. The van der Waals surface area contributed by atoms with E-state index in [-0.39, 0.29) is 11.8 Å². The molecule has 7 aliphatic rings. The second-order valence-corrected chi connectivity index (χ2v) is 16.1. The number of ether oxygens (including phenoxy) is 2. The lowest BCUT2D eigenvalue weighted by atomic mass is 9.44. The standard InChI is InChI=1S/C34H56N2O3/c1-21-12-17-34(38-20-21)22(2)30-29(39-34)19-28-26-11-10-23-18-25(36-31(37)35-24-8-6-5-7-9-24)13-15-32(23,3)27(26)14-16-33(28,30)4/h21-30H,5-20H2,1-4H3,(H2,35,36,37)/t21-,22-,23+,25+,26+,27?,28?,29-,30-,32-,33-,34+/m0/s1. The minimum atomic E-state index is -0.301. The number of carbonyl (C=O) groups is 1. The fourth-order valence-corrected chi connectivity index (χ4v) is 12.1. The van der Waals surface area contributed by atoms with Crippen LogP contribution in [0.25, 0.3) is 0 Å². The fourth-order valence-electron chi connectivity index (χ4n) is 12.1. The average molecular weight is 541 g/mol. The highest BCUT2D eigenvalue weighted by Gasteiger charge is 2.69. The van der Waals surface area contributed by atoms with Crippen LogP contribution in [-0.4, -0.2) is 36.6 Å². The predicted molar refractivity (Wildman–Crippen MR) is 154 cm³/mol. The Labute approximate surface area is 237 Å². The molecule has 39 heavy (non-hydrogen) atoms. The summed E-state index contributed by atoms with van der Waals surface area (Å²) in [6.45, 7) is 11.0. The van der Waals surface area contributed by atoms with Gasteiger partial charge in [0.1, 0.15) is 0 Å². The van der Waals surface area contributed by atoms with Crippen molar-refractivity contribution in [1.29, 1.82) is 0 Å². The Hall–Kier alpha value is -0.810. The van der Waals surface area contributed by atoms with Gasteiger partial charge in [-0.2, -0.15) is 0 Å². The smallest absolute Gasteiger partial charge is 0.315 e. The van der Waals surface area contributed by atoms with Crippen molar-refractivity contribution in [1.82, 2.24) is 10.6 Å². The van der Waals surface area contributed by atoms with Gasteiger partial charge < -0.3 is 20.1 Å². The molecule has 7 rings (SSSR count). The van der Waals surface area contributed by atoms with Gasteiger partial charge in [0.15, 0.2) is 5.79 Å². The normalized spacial score (nSPS) is 53.4. The first-order valence-corrected chi connectivity index (χ1v) is 17.1. The number of hydrogen-bond acceptors (Lipinski definition) is 3. The summed E-state index contributed by atoms with van der Waals surface area (Å²) >= 11 is 0. The van der Waals surface area contributed by atoms with E-state index in [9.17, 15) is 4.79 Å². The molecule has 12 atom stereocenters. The summed E-state index contributed by atoms with van der Waals surface area (Å²) in [6.07, 6.45) is 19.3. The van der Waals surface area contributed by atoms with Crippen LogP contribution in [0.3, 0.4) is 0 Å². The molecule has 0 aromatic rings. The summed E-state index contributed by atoms with van der Waals surface area (Å²) in [4.78, 5) is 12.8. The van der Waals surface area contributed by atoms with E-state index < -0.39 is 0 Å². The number of carbonyl (C=O) groups excluding carboxylic acids is 1. The number of fused-ring (bicyclic) bond motifs is 7. The molecule has 0 radical (unpaired) electrons. The number of amides is 2. The van der Waals surface area contributed by atoms with Gasteiger partial charge in [0.2, 0.25) is 0 Å². The first-order chi connectivity index (χ1) is 18.7. The molecule has 5 nitrogen and oxygen atoms in total. The maximum atomic E-state index is 12.8.